The third kappa shape index (κ3) is 4.71. The molecule has 0 aliphatic heterocycles. The molecule has 0 fully saturated rings. The Morgan fingerprint density at radius 1 is 1.22 bits per heavy atom. The van der Waals surface area contributed by atoms with Gasteiger partial charge < -0.3 is 14.5 Å². The van der Waals surface area contributed by atoms with E-state index in [-0.39, 0.29) is 11.9 Å². The lowest BCUT2D eigenvalue weighted by molar-refractivity contribution is -0.148. The van der Waals surface area contributed by atoms with Crippen LogP contribution in [0.25, 0.3) is 17.0 Å². The molecule has 0 amide bonds. The minimum absolute atomic E-state index is 0.331. The van der Waals surface area contributed by atoms with Gasteiger partial charge in [-0.05, 0) is 57.5 Å². The summed E-state index contributed by atoms with van der Waals surface area (Å²) in [6.45, 7) is 7.56. The Balaban J connectivity index is 2.17. The predicted octanol–water partition coefficient (Wildman–Crippen LogP) is 3.70. The number of carbonyl (C=O) groups is 2. The highest BCUT2D eigenvalue weighted by atomic mass is 16.6. The fourth-order valence-corrected chi connectivity index (χ4v) is 2.07. The zero-order chi connectivity index (χ0) is 17.0. The Morgan fingerprint density at radius 2 is 1.96 bits per heavy atom. The average Bonchev–Trinajstić information content (AvgIpc) is 2.86. The fourth-order valence-electron chi connectivity index (χ4n) is 2.07. The van der Waals surface area contributed by atoms with Crippen molar-refractivity contribution in [1.29, 1.82) is 0 Å². The first-order valence-electron chi connectivity index (χ1n) is 7.49. The molecule has 0 saturated carbocycles. The van der Waals surface area contributed by atoms with Crippen LogP contribution in [0, 0.1) is 0 Å². The Morgan fingerprint density at radius 3 is 2.61 bits per heavy atom. The number of nitrogens with one attached hydrogen (secondary N) is 1. The van der Waals surface area contributed by atoms with Crippen LogP contribution < -0.4 is 0 Å². The molecule has 1 aromatic heterocycles. The minimum atomic E-state index is -0.513. The minimum Gasteiger partial charge on any atom is -0.461 e. The van der Waals surface area contributed by atoms with E-state index in [1.54, 1.807) is 19.1 Å². The summed E-state index contributed by atoms with van der Waals surface area (Å²) in [7, 11) is 0. The summed E-state index contributed by atoms with van der Waals surface area (Å²) in [5.41, 5.74) is 1.58. The third-order valence-corrected chi connectivity index (χ3v) is 2.96. The van der Waals surface area contributed by atoms with E-state index in [1.165, 1.54) is 6.08 Å². The smallest absolute Gasteiger partial charge is 0.354 e. The van der Waals surface area contributed by atoms with E-state index in [1.807, 2.05) is 39.0 Å². The molecule has 5 heteroatoms. The zero-order valence-electron chi connectivity index (χ0n) is 13.8. The molecular weight excluding hydrogens is 294 g/mol. The first-order valence-corrected chi connectivity index (χ1v) is 7.49. The van der Waals surface area contributed by atoms with Gasteiger partial charge in [0.25, 0.3) is 0 Å². The predicted molar refractivity (Wildman–Crippen MR) is 89.1 cm³/mol. The number of hydrogen-bond donors (Lipinski definition) is 1. The number of aromatic nitrogens is 1. The number of rotatable bonds is 4. The van der Waals surface area contributed by atoms with Crippen LogP contribution in [0.2, 0.25) is 0 Å². The number of aromatic amines is 1. The maximum absolute atomic E-state index is 11.7. The summed E-state index contributed by atoms with van der Waals surface area (Å²) in [6, 6.07) is 7.33. The Labute approximate surface area is 135 Å². The van der Waals surface area contributed by atoms with Gasteiger partial charge in [-0.15, -0.1) is 0 Å². The second-order valence-electron chi connectivity index (χ2n) is 6.12. The summed E-state index contributed by atoms with van der Waals surface area (Å²) >= 11 is 0. The van der Waals surface area contributed by atoms with Crippen molar-refractivity contribution in [1.82, 2.24) is 4.98 Å². The molecule has 0 atom stereocenters. The lowest BCUT2D eigenvalue weighted by Gasteiger charge is -2.17. The Hall–Kier alpha value is -2.56. The van der Waals surface area contributed by atoms with Crippen LogP contribution in [-0.4, -0.2) is 29.1 Å². The van der Waals surface area contributed by atoms with Crippen LogP contribution in [0.4, 0.5) is 0 Å². The number of esters is 2. The molecule has 23 heavy (non-hydrogen) atoms. The van der Waals surface area contributed by atoms with Gasteiger partial charge in [0.1, 0.15) is 11.3 Å². The molecule has 0 radical (unpaired) electrons. The largest absolute Gasteiger partial charge is 0.461 e. The molecule has 5 nitrogen and oxygen atoms in total. The second-order valence-corrected chi connectivity index (χ2v) is 6.12. The lowest BCUT2D eigenvalue weighted by Crippen LogP contribution is -2.22. The van der Waals surface area contributed by atoms with Crippen molar-refractivity contribution in [3.05, 3.63) is 41.6 Å². The van der Waals surface area contributed by atoms with Gasteiger partial charge in [0.15, 0.2) is 0 Å². The molecule has 2 rings (SSSR count). The van der Waals surface area contributed by atoms with Crippen LogP contribution in [0.3, 0.4) is 0 Å². The summed E-state index contributed by atoms with van der Waals surface area (Å²) in [6.07, 6.45) is 3.08. The molecule has 0 saturated heterocycles. The molecule has 122 valence electrons. The van der Waals surface area contributed by atoms with E-state index in [0.29, 0.717) is 12.3 Å². The van der Waals surface area contributed by atoms with Crippen LogP contribution >= 0.6 is 0 Å². The molecule has 0 unspecified atom stereocenters. The van der Waals surface area contributed by atoms with E-state index < -0.39 is 5.60 Å². The summed E-state index contributed by atoms with van der Waals surface area (Å²) in [4.78, 5) is 26.4. The summed E-state index contributed by atoms with van der Waals surface area (Å²) < 4.78 is 10.2. The molecular formula is C18H21NO4. The first kappa shape index (κ1) is 16.8. The number of fused-ring (bicyclic) bond motifs is 1. The van der Waals surface area contributed by atoms with Gasteiger partial charge in [-0.2, -0.15) is 0 Å². The molecule has 2 aromatic rings. The van der Waals surface area contributed by atoms with E-state index in [2.05, 4.69) is 4.98 Å². The van der Waals surface area contributed by atoms with Gasteiger partial charge >= 0.3 is 11.9 Å². The van der Waals surface area contributed by atoms with Crippen LogP contribution in [-0.2, 0) is 14.3 Å². The quantitative estimate of drug-likeness (QED) is 0.690. The maximum Gasteiger partial charge on any atom is 0.354 e. The number of H-pyrrole nitrogens is 1. The summed E-state index contributed by atoms with van der Waals surface area (Å²) in [5, 5.41) is 0.874. The normalized spacial score (nSPS) is 11.8. The van der Waals surface area contributed by atoms with Crippen molar-refractivity contribution in [2.45, 2.75) is 33.3 Å². The van der Waals surface area contributed by atoms with Crippen LogP contribution in [0.1, 0.15) is 43.7 Å². The molecule has 1 aromatic carbocycles. The van der Waals surface area contributed by atoms with Gasteiger partial charge in [-0.1, -0.05) is 6.07 Å². The number of ether oxygens (including phenoxy) is 2. The Bertz CT molecular complexity index is 750. The number of benzene rings is 1. The van der Waals surface area contributed by atoms with Crippen molar-refractivity contribution in [3.63, 3.8) is 0 Å². The van der Waals surface area contributed by atoms with Crippen molar-refractivity contribution in [3.8, 4) is 0 Å². The van der Waals surface area contributed by atoms with Gasteiger partial charge in [-0.3, -0.25) is 0 Å². The van der Waals surface area contributed by atoms with Gasteiger partial charge in [0.2, 0.25) is 0 Å². The summed E-state index contributed by atoms with van der Waals surface area (Å²) in [5.74, 6) is -0.770. The van der Waals surface area contributed by atoms with E-state index in [0.717, 1.165) is 16.5 Å². The van der Waals surface area contributed by atoms with Gasteiger partial charge in [0, 0.05) is 17.0 Å². The number of hydrogen-bond acceptors (Lipinski definition) is 4. The standard InChI is InChI=1S/C18H21NO4/c1-5-22-17(21)15-11-13-10-12(6-8-14(13)19-15)7-9-16(20)23-18(2,3)4/h6-11,19H,5H2,1-4H3/b9-7+. The van der Waals surface area contributed by atoms with E-state index >= 15 is 0 Å². The van der Waals surface area contributed by atoms with Crippen LogP contribution in [0.5, 0.6) is 0 Å². The first-order chi connectivity index (χ1) is 10.8. The highest BCUT2D eigenvalue weighted by molar-refractivity contribution is 5.96. The molecule has 0 aliphatic rings. The topological polar surface area (TPSA) is 68.4 Å². The highest BCUT2D eigenvalue weighted by Gasteiger charge is 2.14. The third-order valence-electron chi connectivity index (χ3n) is 2.96. The van der Waals surface area contributed by atoms with Gasteiger partial charge in [-0.25, -0.2) is 9.59 Å². The molecule has 0 aliphatic carbocycles. The maximum atomic E-state index is 11.7. The lowest BCUT2D eigenvalue weighted by atomic mass is 10.1. The SMILES string of the molecule is CCOC(=O)c1cc2cc(/C=C/C(=O)OC(C)(C)C)ccc2[nH]1. The van der Waals surface area contributed by atoms with E-state index in [9.17, 15) is 9.59 Å². The Kier molecular flexibility index (Phi) is 4.89. The average molecular weight is 315 g/mol. The van der Waals surface area contributed by atoms with Crippen molar-refractivity contribution >= 4 is 28.9 Å². The number of carbonyl (C=O) groups excluding carboxylic acids is 2. The molecule has 1 N–H and O–H groups in total. The van der Waals surface area contributed by atoms with Crippen molar-refractivity contribution < 1.29 is 19.1 Å². The monoisotopic (exact) mass is 315 g/mol. The molecule has 0 spiro atoms. The van der Waals surface area contributed by atoms with E-state index in [4.69, 9.17) is 9.47 Å². The van der Waals surface area contributed by atoms with Crippen molar-refractivity contribution in [2.75, 3.05) is 6.61 Å². The molecule has 1 heterocycles. The van der Waals surface area contributed by atoms with Crippen molar-refractivity contribution in [2.24, 2.45) is 0 Å². The van der Waals surface area contributed by atoms with Crippen LogP contribution in [0.15, 0.2) is 30.3 Å². The van der Waals surface area contributed by atoms with Gasteiger partial charge in [0.05, 0.1) is 6.61 Å². The second kappa shape index (κ2) is 6.69. The highest BCUT2D eigenvalue weighted by Crippen LogP contribution is 2.19. The zero-order valence-corrected chi connectivity index (χ0v) is 13.8. The molecule has 0 bridgehead atoms. The fraction of sp³-hybridized carbons (Fsp3) is 0.333.